The molecule has 0 saturated carbocycles. The minimum atomic E-state index is -0.373. The number of aromatic nitrogens is 5. The molecule has 1 atom stereocenters. The van der Waals surface area contributed by atoms with Crippen LogP contribution in [0.1, 0.15) is 24.5 Å². The molecule has 0 fully saturated rings. The zero-order valence-corrected chi connectivity index (χ0v) is 14.2. The topological polar surface area (TPSA) is 132 Å². The van der Waals surface area contributed by atoms with Gasteiger partial charge in [0.05, 0.1) is 24.6 Å². The number of aromatic amines is 1. The monoisotopic (exact) mass is 353 g/mol. The number of carbonyl (C=O) groups is 1. The molecule has 0 unspecified atom stereocenters. The molecule has 26 heavy (non-hydrogen) atoms. The summed E-state index contributed by atoms with van der Waals surface area (Å²) >= 11 is 0. The molecule has 9 nitrogen and oxygen atoms in total. The number of nitrogens with zero attached hydrogens (tertiary/aromatic N) is 4. The Balaban J connectivity index is 1.73. The first-order valence-corrected chi connectivity index (χ1v) is 8.09. The third-order valence-electron chi connectivity index (χ3n) is 3.63. The zero-order valence-electron chi connectivity index (χ0n) is 14.2. The number of hydrogen-bond acceptors (Lipinski definition) is 6. The lowest BCUT2D eigenvalue weighted by atomic mass is 10.2. The van der Waals surface area contributed by atoms with Crippen molar-refractivity contribution in [2.45, 2.75) is 26.1 Å². The zero-order chi connectivity index (χ0) is 18.5. The Bertz CT molecular complexity index is 947. The van der Waals surface area contributed by atoms with Crippen LogP contribution < -0.4 is 16.6 Å². The summed E-state index contributed by atoms with van der Waals surface area (Å²) in [7, 11) is 0. The highest BCUT2D eigenvalue weighted by atomic mass is 16.2. The van der Waals surface area contributed by atoms with Crippen molar-refractivity contribution in [3.63, 3.8) is 0 Å². The standard InChI is InChI=1S/C17H19N7O2/c1-11(18)17-22-16(12-5-3-2-4-6-12)23-24(17)9-15(26)19-8-13-7-14(25)21-10-20-13/h2-7,10-11H,8-9,18H2,1H3,(H,19,26)(H,20,21,25)/t11-/m0/s1. The lowest BCUT2D eigenvalue weighted by Crippen LogP contribution is -2.30. The molecule has 9 heteroatoms. The number of nitrogens with two attached hydrogens (primary N) is 1. The van der Waals surface area contributed by atoms with E-state index in [0.717, 1.165) is 5.56 Å². The van der Waals surface area contributed by atoms with E-state index in [1.165, 1.54) is 17.1 Å². The molecule has 3 aromatic rings. The fraction of sp³-hybridized carbons (Fsp3) is 0.235. The predicted molar refractivity (Wildman–Crippen MR) is 94.8 cm³/mol. The molecule has 1 aromatic carbocycles. The molecule has 0 radical (unpaired) electrons. The van der Waals surface area contributed by atoms with Gasteiger partial charge in [0, 0.05) is 11.6 Å². The lowest BCUT2D eigenvalue weighted by Gasteiger charge is -2.08. The van der Waals surface area contributed by atoms with Crippen molar-refractivity contribution in [1.29, 1.82) is 0 Å². The average Bonchev–Trinajstić information content (AvgIpc) is 3.05. The summed E-state index contributed by atoms with van der Waals surface area (Å²) in [4.78, 5) is 34.3. The summed E-state index contributed by atoms with van der Waals surface area (Å²) in [6.07, 6.45) is 1.29. The molecule has 2 aromatic heterocycles. The van der Waals surface area contributed by atoms with Crippen LogP contribution in [-0.2, 0) is 17.9 Å². The Morgan fingerprint density at radius 2 is 2.12 bits per heavy atom. The number of benzene rings is 1. The van der Waals surface area contributed by atoms with E-state index in [2.05, 4.69) is 25.4 Å². The van der Waals surface area contributed by atoms with Crippen LogP contribution in [0.15, 0.2) is 47.5 Å². The molecule has 134 valence electrons. The molecular formula is C17H19N7O2. The van der Waals surface area contributed by atoms with E-state index in [1.54, 1.807) is 6.92 Å². The SMILES string of the molecule is C[C@H](N)c1nc(-c2ccccc2)nn1CC(=O)NCc1cc(=O)[nH]cn1. The van der Waals surface area contributed by atoms with Gasteiger partial charge in [-0.25, -0.2) is 14.6 Å². The van der Waals surface area contributed by atoms with E-state index >= 15 is 0 Å². The summed E-state index contributed by atoms with van der Waals surface area (Å²) in [6, 6.07) is 10.4. The van der Waals surface area contributed by atoms with Crippen LogP contribution in [-0.4, -0.2) is 30.6 Å². The number of H-pyrrole nitrogens is 1. The minimum Gasteiger partial charge on any atom is -0.349 e. The predicted octanol–water partition coefficient (Wildman–Crippen LogP) is 0.365. The second kappa shape index (κ2) is 7.70. The second-order valence-electron chi connectivity index (χ2n) is 5.79. The quantitative estimate of drug-likeness (QED) is 0.586. The highest BCUT2D eigenvalue weighted by molar-refractivity contribution is 5.75. The van der Waals surface area contributed by atoms with Crippen LogP contribution in [0, 0.1) is 0 Å². The fourth-order valence-electron chi connectivity index (χ4n) is 2.40. The fourth-order valence-corrected chi connectivity index (χ4v) is 2.40. The average molecular weight is 353 g/mol. The van der Waals surface area contributed by atoms with Gasteiger partial charge in [-0.3, -0.25) is 9.59 Å². The molecule has 0 spiro atoms. The Kier molecular flexibility index (Phi) is 5.18. The van der Waals surface area contributed by atoms with E-state index in [-0.39, 0.29) is 30.6 Å². The first kappa shape index (κ1) is 17.5. The molecule has 0 aliphatic rings. The summed E-state index contributed by atoms with van der Waals surface area (Å²) in [5, 5.41) is 7.11. The number of hydrogen-bond donors (Lipinski definition) is 3. The van der Waals surface area contributed by atoms with Gasteiger partial charge in [-0.05, 0) is 6.92 Å². The van der Waals surface area contributed by atoms with Gasteiger partial charge in [0.15, 0.2) is 5.82 Å². The minimum absolute atomic E-state index is 0.0279. The van der Waals surface area contributed by atoms with Crippen molar-refractivity contribution in [3.05, 3.63) is 64.6 Å². The molecule has 0 aliphatic heterocycles. The van der Waals surface area contributed by atoms with Gasteiger partial charge in [-0.1, -0.05) is 30.3 Å². The molecule has 2 heterocycles. The first-order valence-electron chi connectivity index (χ1n) is 8.09. The van der Waals surface area contributed by atoms with Gasteiger partial charge in [0.25, 0.3) is 5.56 Å². The van der Waals surface area contributed by atoms with Gasteiger partial charge in [0.1, 0.15) is 12.4 Å². The van der Waals surface area contributed by atoms with Gasteiger partial charge in [-0.2, -0.15) is 5.10 Å². The van der Waals surface area contributed by atoms with Crippen molar-refractivity contribution in [1.82, 2.24) is 30.0 Å². The normalized spacial score (nSPS) is 11.9. The molecule has 0 aliphatic carbocycles. The van der Waals surface area contributed by atoms with E-state index < -0.39 is 0 Å². The summed E-state index contributed by atoms with van der Waals surface area (Å²) in [5.41, 5.74) is 7.01. The highest BCUT2D eigenvalue weighted by Crippen LogP contribution is 2.17. The van der Waals surface area contributed by atoms with Crippen molar-refractivity contribution in [3.8, 4) is 11.4 Å². The number of amides is 1. The molecule has 3 rings (SSSR count). The molecule has 0 saturated heterocycles. The largest absolute Gasteiger partial charge is 0.349 e. The van der Waals surface area contributed by atoms with Gasteiger partial charge in [0.2, 0.25) is 5.91 Å². The Morgan fingerprint density at radius 3 is 2.81 bits per heavy atom. The third-order valence-corrected chi connectivity index (χ3v) is 3.63. The number of nitrogens with one attached hydrogen (secondary N) is 2. The van der Waals surface area contributed by atoms with Crippen molar-refractivity contribution >= 4 is 5.91 Å². The van der Waals surface area contributed by atoms with Crippen LogP contribution in [0.2, 0.25) is 0 Å². The Morgan fingerprint density at radius 1 is 1.35 bits per heavy atom. The maximum atomic E-state index is 12.2. The van der Waals surface area contributed by atoms with Crippen LogP contribution >= 0.6 is 0 Å². The van der Waals surface area contributed by atoms with Crippen LogP contribution in [0.4, 0.5) is 0 Å². The van der Waals surface area contributed by atoms with Crippen LogP contribution in [0.3, 0.4) is 0 Å². The first-order chi connectivity index (χ1) is 12.5. The maximum Gasteiger partial charge on any atom is 0.250 e. The van der Waals surface area contributed by atoms with E-state index in [1.807, 2.05) is 30.3 Å². The summed E-state index contributed by atoms with van der Waals surface area (Å²) in [5.74, 6) is 0.758. The van der Waals surface area contributed by atoms with Gasteiger partial charge < -0.3 is 16.0 Å². The van der Waals surface area contributed by atoms with Crippen molar-refractivity contribution in [2.24, 2.45) is 5.73 Å². The lowest BCUT2D eigenvalue weighted by molar-refractivity contribution is -0.122. The summed E-state index contributed by atoms with van der Waals surface area (Å²) < 4.78 is 1.49. The van der Waals surface area contributed by atoms with Crippen LogP contribution in [0.25, 0.3) is 11.4 Å². The molecular weight excluding hydrogens is 334 g/mol. The Hall–Kier alpha value is -3.33. The number of rotatable bonds is 6. The van der Waals surface area contributed by atoms with Crippen LogP contribution in [0.5, 0.6) is 0 Å². The van der Waals surface area contributed by atoms with Crippen molar-refractivity contribution < 1.29 is 4.79 Å². The highest BCUT2D eigenvalue weighted by Gasteiger charge is 2.16. The number of carbonyl (C=O) groups excluding carboxylic acids is 1. The molecule has 1 amide bonds. The second-order valence-corrected chi connectivity index (χ2v) is 5.79. The van der Waals surface area contributed by atoms with E-state index in [4.69, 9.17) is 5.73 Å². The van der Waals surface area contributed by atoms with E-state index in [9.17, 15) is 9.59 Å². The van der Waals surface area contributed by atoms with Gasteiger partial charge in [-0.15, -0.1) is 0 Å². The third kappa shape index (κ3) is 4.19. The summed E-state index contributed by atoms with van der Waals surface area (Å²) in [6.45, 7) is 1.91. The maximum absolute atomic E-state index is 12.2. The smallest absolute Gasteiger partial charge is 0.250 e. The van der Waals surface area contributed by atoms with E-state index in [0.29, 0.717) is 17.3 Å². The van der Waals surface area contributed by atoms with Crippen molar-refractivity contribution in [2.75, 3.05) is 0 Å². The Labute approximate surface area is 149 Å². The van der Waals surface area contributed by atoms with Gasteiger partial charge >= 0.3 is 0 Å². The molecule has 4 N–H and O–H groups in total. The molecule has 0 bridgehead atoms.